The zero-order valence-electron chi connectivity index (χ0n) is 7.09. The molecule has 0 aromatic heterocycles. The van der Waals surface area contributed by atoms with Gasteiger partial charge in [0.2, 0.25) is 0 Å². The largest absolute Gasteiger partial charge is 0.425 e. The van der Waals surface area contributed by atoms with Crippen LogP contribution in [0.3, 0.4) is 0 Å². The molecule has 1 aliphatic heterocycles. The molecule has 74 valence electrons. The summed E-state index contributed by atoms with van der Waals surface area (Å²) in [5.41, 5.74) is 6.62. The standard InChI is InChI=1S/C9H7ClINO2/c10-4-1-5-7(12)3-8(13)14-9(5)6(11)2-4/h1-2,7H,3,12H2/t7-/m0/s1. The third-order valence-corrected chi connectivity index (χ3v) is 3.06. The molecule has 2 N–H and O–H groups in total. The summed E-state index contributed by atoms with van der Waals surface area (Å²) >= 11 is 7.95. The smallest absolute Gasteiger partial charge is 0.313 e. The number of fused-ring (bicyclic) bond motifs is 1. The van der Waals surface area contributed by atoms with E-state index in [0.29, 0.717) is 10.8 Å². The van der Waals surface area contributed by atoms with Gasteiger partial charge in [0.05, 0.1) is 9.99 Å². The van der Waals surface area contributed by atoms with Gasteiger partial charge in [-0.1, -0.05) is 11.6 Å². The number of rotatable bonds is 0. The van der Waals surface area contributed by atoms with Gasteiger partial charge in [0.15, 0.2) is 0 Å². The monoisotopic (exact) mass is 323 g/mol. The van der Waals surface area contributed by atoms with Crippen molar-refractivity contribution in [1.82, 2.24) is 0 Å². The van der Waals surface area contributed by atoms with Gasteiger partial charge in [-0.05, 0) is 34.7 Å². The van der Waals surface area contributed by atoms with Gasteiger partial charge in [-0.3, -0.25) is 4.79 Å². The quantitative estimate of drug-likeness (QED) is 0.453. The number of benzene rings is 1. The SMILES string of the molecule is N[C@H]1CC(=O)Oc2c(I)cc(Cl)cc21. The molecule has 14 heavy (non-hydrogen) atoms. The van der Waals surface area contributed by atoms with Crippen LogP contribution in [0.4, 0.5) is 0 Å². The third kappa shape index (κ3) is 1.74. The molecule has 1 aromatic carbocycles. The molecule has 3 nitrogen and oxygen atoms in total. The zero-order chi connectivity index (χ0) is 10.3. The second-order valence-corrected chi connectivity index (χ2v) is 4.69. The van der Waals surface area contributed by atoms with Crippen molar-refractivity contribution in [2.45, 2.75) is 12.5 Å². The Morgan fingerprint density at radius 2 is 2.29 bits per heavy atom. The van der Waals surface area contributed by atoms with E-state index in [1.165, 1.54) is 0 Å². The van der Waals surface area contributed by atoms with Crippen LogP contribution in [0.2, 0.25) is 5.02 Å². The summed E-state index contributed by atoms with van der Waals surface area (Å²) in [5.74, 6) is 0.268. The molecule has 0 saturated heterocycles. The predicted molar refractivity (Wildman–Crippen MR) is 61.3 cm³/mol. The first kappa shape index (κ1) is 10.2. The Labute approximate surface area is 99.7 Å². The Bertz CT molecular complexity index is 408. The maximum absolute atomic E-state index is 11.1. The Morgan fingerprint density at radius 3 is 3.00 bits per heavy atom. The lowest BCUT2D eigenvalue weighted by molar-refractivity contribution is -0.135. The Balaban J connectivity index is 2.58. The average Bonchev–Trinajstić information content (AvgIpc) is 2.07. The summed E-state index contributed by atoms with van der Waals surface area (Å²) in [4.78, 5) is 11.1. The van der Waals surface area contributed by atoms with Crippen LogP contribution in [0.15, 0.2) is 12.1 Å². The second kappa shape index (κ2) is 3.67. The van der Waals surface area contributed by atoms with Crippen LogP contribution in [0.5, 0.6) is 5.75 Å². The minimum absolute atomic E-state index is 0.212. The van der Waals surface area contributed by atoms with Crippen LogP contribution < -0.4 is 10.5 Å². The predicted octanol–water partition coefficient (Wildman–Crippen LogP) is 2.25. The Morgan fingerprint density at radius 1 is 1.57 bits per heavy atom. The number of halogens is 2. The average molecular weight is 324 g/mol. The summed E-state index contributed by atoms with van der Waals surface area (Å²) in [7, 11) is 0. The molecular formula is C9H7ClINO2. The molecule has 2 rings (SSSR count). The van der Waals surface area contributed by atoms with Crippen LogP contribution in [0, 0.1) is 3.57 Å². The summed E-state index contributed by atoms with van der Waals surface area (Å²) in [6, 6.07) is 3.18. The molecule has 0 bridgehead atoms. The third-order valence-electron chi connectivity index (χ3n) is 2.04. The first-order chi connectivity index (χ1) is 6.58. The number of hydrogen-bond acceptors (Lipinski definition) is 3. The number of nitrogens with two attached hydrogens (primary N) is 1. The summed E-state index contributed by atoms with van der Waals surface area (Å²) in [5, 5.41) is 0.613. The van der Waals surface area contributed by atoms with Gasteiger partial charge >= 0.3 is 5.97 Å². The maximum atomic E-state index is 11.1. The summed E-state index contributed by atoms with van der Waals surface area (Å²) in [6.07, 6.45) is 0.212. The second-order valence-electron chi connectivity index (χ2n) is 3.09. The van der Waals surface area contributed by atoms with Crippen LogP contribution >= 0.6 is 34.2 Å². The number of carbonyl (C=O) groups excluding carboxylic acids is 1. The lowest BCUT2D eigenvalue weighted by Gasteiger charge is -2.22. The van der Waals surface area contributed by atoms with Crippen molar-refractivity contribution in [3.63, 3.8) is 0 Å². The topological polar surface area (TPSA) is 52.3 Å². The zero-order valence-corrected chi connectivity index (χ0v) is 10.0. The van der Waals surface area contributed by atoms with E-state index in [4.69, 9.17) is 22.1 Å². The Kier molecular flexibility index (Phi) is 2.68. The van der Waals surface area contributed by atoms with Crippen LogP contribution in [0.25, 0.3) is 0 Å². The number of ether oxygens (including phenoxy) is 1. The summed E-state index contributed by atoms with van der Waals surface area (Å²) in [6.45, 7) is 0. The highest BCUT2D eigenvalue weighted by Crippen LogP contribution is 2.37. The fraction of sp³-hybridized carbons (Fsp3) is 0.222. The van der Waals surface area contributed by atoms with E-state index in [1.54, 1.807) is 12.1 Å². The highest BCUT2D eigenvalue weighted by Gasteiger charge is 2.26. The molecule has 0 radical (unpaired) electrons. The lowest BCUT2D eigenvalue weighted by atomic mass is 10.0. The molecule has 0 fully saturated rings. The van der Waals surface area contributed by atoms with E-state index in [2.05, 4.69) is 22.6 Å². The molecule has 1 aromatic rings. The molecular weight excluding hydrogens is 316 g/mol. The molecule has 0 amide bonds. The molecule has 0 saturated carbocycles. The van der Waals surface area contributed by atoms with E-state index in [-0.39, 0.29) is 18.4 Å². The van der Waals surface area contributed by atoms with E-state index in [0.717, 1.165) is 9.13 Å². The van der Waals surface area contributed by atoms with Crippen molar-refractivity contribution in [3.05, 3.63) is 26.3 Å². The van der Waals surface area contributed by atoms with Gasteiger partial charge in [0, 0.05) is 16.6 Å². The molecule has 0 unspecified atom stereocenters. The van der Waals surface area contributed by atoms with Gasteiger partial charge in [0.25, 0.3) is 0 Å². The van der Waals surface area contributed by atoms with Gasteiger partial charge < -0.3 is 10.5 Å². The number of esters is 1. The summed E-state index contributed by atoms with van der Waals surface area (Å²) < 4.78 is 5.92. The molecule has 1 aliphatic rings. The van der Waals surface area contributed by atoms with Crippen molar-refractivity contribution in [2.24, 2.45) is 5.73 Å². The van der Waals surface area contributed by atoms with Crippen LogP contribution in [-0.4, -0.2) is 5.97 Å². The van der Waals surface area contributed by atoms with E-state index < -0.39 is 0 Å². The van der Waals surface area contributed by atoms with Crippen LogP contribution in [0.1, 0.15) is 18.0 Å². The first-order valence-electron chi connectivity index (χ1n) is 4.03. The molecule has 5 heteroatoms. The number of carbonyl (C=O) groups is 1. The van der Waals surface area contributed by atoms with Gasteiger partial charge in [-0.25, -0.2) is 0 Å². The highest BCUT2D eigenvalue weighted by atomic mass is 127. The van der Waals surface area contributed by atoms with Crippen molar-refractivity contribution < 1.29 is 9.53 Å². The van der Waals surface area contributed by atoms with Gasteiger partial charge in [-0.15, -0.1) is 0 Å². The fourth-order valence-electron chi connectivity index (χ4n) is 1.41. The molecule has 1 atom stereocenters. The lowest BCUT2D eigenvalue weighted by Crippen LogP contribution is -2.25. The Hall–Kier alpha value is -0.330. The number of hydrogen-bond donors (Lipinski definition) is 1. The molecule has 0 aliphatic carbocycles. The van der Waals surface area contributed by atoms with Crippen molar-refractivity contribution in [3.8, 4) is 5.75 Å². The highest BCUT2D eigenvalue weighted by molar-refractivity contribution is 14.1. The van der Waals surface area contributed by atoms with E-state index >= 15 is 0 Å². The van der Waals surface area contributed by atoms with E-state index in [1.807, 2.05) is 0 Å². The van der Waals surface area contributed by atoms with Gasteiger partial charge in [-0.2, -0.15) is 0 Å². The minimum atomic E-state index is -0.307. The minimum Gasteiger partial charge on any atom is -0.425 e. The van der Waals surface area contributed by atoms with Crippen molar-refractivity contribution >= 4 is 40.2 Å². The van der Waals surface area contributed by atoms with Crippen molar-refractivity contribution in [1.29, 1.82) is 0 Å². The van der Waals surface area contributed by atoms with E-state index in [9.17, 15) is 4.79 Å². The molecule has 0 spiro atoms. The fourth-order valence-corrected chi connectivity index (χ4v) is 2.58. The maximum Gasteiger partial charge on any atom is 0.313 e. The first-order valence-corrected chi connectivity index (χ1v) is 5.49. The van der Waals surface area contributed by atoms with Crippen LogP contribution in [-0.2, 0) is 4.79 Å². The normalized spacial score (nSPS) is 20.2. The van der Waals surface area contributed by atoms with Crippen molar-refractivity contribution in [2.75, 3.05) is 0 Å². The molecule has 1 heterocycles. The van der Waals surface area contributed by atoms with Gasteiger partial charge in [0.1, 0.15) is 5.75 Å².